The lowest BCUT2D eigenvalue weighted by molar-refractivity contribution is -0.122. The third-order valence-electron chi connectivity index (χ3n) is 2.80. The number of hydrogen-bond donors (Lipinski definition) is 1. The van der Waals surface area contributed by atoms with Crippen LogP contribution < -0.4 is 10.1 Å². The van der Waals surface area contributed by atoms with Crippen molar-refractivity contribution in [1.82, 2.24) is 5.32 Å². The summed E-state index contributed by atoms with van der Waals surface area (Å²) in [6, 6.07) is 18.9. The van der Waals surface area contributed by atoms with Gasteiger partial charge in [0.05, 0.1) is 5.56 Å². The van der Waals surface area contributed by atoms with Crippen LogP contribution in [0.1, 0.15) is 5.56 Å². The van der Waals surface area contributed by atoms with Gasteiger partial charge in [0.15, 0.2) is 6.61 Å². The molecule has 1 N–H and O–H groups in total. The Kier molecular flexibility index (Phi) is 6.34. The Morgan fingerprint density at radius 1 is 1.14 bits per heavy atom. The number of nitrogens with one attached hydrogen (secondary N) is 1. The molecule has 1 amide bonds. The van der Waals surface area contributed by atoms with Crippen LogP contribution in [0.3, 0.4) is 0 Å². The molecule has 0 spiro atoms. The summed E-state index contributed by atoms with van der Waals surface area (Å²) in [5.74, 6) is 1.03. The number of thioether (sulfide) groups is 1. The minimum atomic E-state index is -0.193. The average Bonchev–Trinajstić information content (AvgIpc) is 2.58. The Bertz CT molecular complexity index is 653. The molecule has 2 aromatic rings. The first-order valence-corrected chi connectivity index (χ1v) is 7.84. The predicted octanol–water partition coefficient (Wildman–Crippen LogP) is 2.85. The van der Waals surface area contributed by atoms with Crippen LogP contribution >= 0.6 is 11.8 Å². The van der Waals surface area contributed by atoms with Crippen LogP contribution in [0.4, 0.5) is 0 Å². The van der Waals surface area contributed by atoms with Gasteiger partial charge in [-0.3, -0.25) is 4.79 Å². The molecule has 22 heavy (non-hydrogen) atoms. The van der Waals surface area contributed by atoms with E-state index in [0.29, 0.717) is 17.9 Å². The van der Waals surface area contributed by atoms with Crippen molar-refractivity contribution >= 4 is 17.7 Å². The highest BCUT2D eigenvalue weighted by Gasteiger charge is 2.05. The van der Waals surface area contributed by atoms with Crippen LogP contribution in [0.25, 0.3) is 0 Å². The molecule has 5 heteroatoms. The van der Waals surface area contributed by atoms with Crippen molar-refractivity contribution in [3.05, 3.63) is 60.2 Å². The van der Waals surface area contributed by atoms with E-state index >= 15 is 0 Å². The largest absolute Gasteiger partial charge is 0.482 e. The van der Waals surface area contributed by atoms with E-state index in [2.05, 4.69) is 5.32 Å². The van der Waals surface area contributed by atoms with E-state index in [1.807, 2.05) is 36.4 Å². The van der Waals surface area contributed by atoms with Gasteiger partial charge >= 0.3 is 0 Å². The fraction of sp³-hybridized carbons (Fsp3) is 0.176. The van der Waals surface area contributed by atoms with E-state index in [1.54, 1.807) is 36.0 Å². The van der Waals surface area contributed by atoms with Crippen molar-refractivity contribution in [2.45, 2.75) is 4.90 Å². The molecule has 0 aliphatic carbocycles. The van der Waals surface area contributed by atoms with Gasteiger partial charge in [-0.15, -0.1) is 11.8 Å². The topological polar surface area (TPSA) is 62.1 Å². The number of para-hydroxylation sites is 1. The highest BCUT2D eigenvalue weighted by molar-refractivity contribution is 7.99. The summed E-state index contributed by atoms with van der Waals surface area (Å²) in [5, 5.41) is 11.7. The number of ether oxygens (including phenoxy) is 1. The van der Waals surface area contributed by atoms with E-state index in [4.69, 9.17) is 10.00 Å². The quantitative estimate of drug-likeness (QED) is 0.631. The van der Waals surface area contributed by atoms with Crippen LogP contribution in [-0.2, 0) is 4.79 Å². The smallest absolute Gasteiger partial charge is 0.257 e. The molecule has 0 heterocycles. The van der Waals surface area contributed by atoms with Gasteiger partial charge in [0.25, 0.3) is 5.91 Å². The number of carbonyl (C=O) groups excluding carboxylic acids is 1. The summed E-state index contributed by atoms with van der Waals surface area (Å²) < 4.78 is 5.36. The van der Waals surface area contributed by atoms with Gasteiger partial charge in [0.1, 0.15) is 11.8 Å². The molecule has 0 fully saturated rings. The molecule has 0 aliphatic rings. The van der Waals surface area contributed by atoms with E-state index in [1.165, 1.54) is 4.90 Å². The minimum Gasteiger partial charge on any atom is -0.482 e. The molecule has 4 nitrogen and oxygen atoms in total. The molecule has 0 radical (unpaired) electrons. The summed E-state index contributed by atoms with van der Waals surface area (Å²) in [7, 11) is 0. The van der Waals surface area contributed by atoms with E-state index < -0.39 is 0 Å². The van der Waals surface area contributed by atoms with Crippen LogP contribution in [0.2, 0.25) is 0 Å². The number of nitrogens with zero attached hydrogens (tertiary/aromatic N) is 1. The zero-order chi connectivity index (χ0) is 15.6. The highest BCUT2D eigenvalue weighted by atomic mass is 32.2. The van der Waals surface area contributed by atoms with Crippen molar-refractivity contribution in [2.24, 2.45) is 0 Å². The second-order valence-corrected chi connectivity index (χ2v) is 5.58. The Morgan fingerprint density at radius 3 is 2.64 bits per heavy atom. The zero-order valence-corrected chi connectivity index (χ0v) is 12.8. The number of benzene rings is 2. The maximum Gasteiger partial charge on any atom is 0.257 e. The lowest BCUT2D eigenvalue weighted by atomic mass is 10.2. The average molecular weight is 312 g/mol. The summed E-state index contributed by atoms with van der Waals surface area (Å²) >= 11 is 1.68. The number of hydrogen-bond acceptors (Lipinski definition) is 4. The van der Waals surface area contributed by atoms with E-state index in [9.17, 15) is 4.79 Å². The molecular weight excluding hydrogens is 296 g/mol. The van der Waals surface area contributed by atoms with Gasteiger partial charge in [-0.25, -0.2) is 0 Å². The molecule has 0 aliphatic heterocycles. The van der Waals surface area contributed by atoms with Gasteiger partial charge in [0.2, 0.25) is 0 Å². The fourth-order valence-electron chi connectivity index (χ4n) is 1.76. The molecule has 0 saturated heterocycles. The molecule has 0 atom stereocenters. The number of carbonyl (C=O) groups is 1. The molecule has 0 unspecified atom stereocenters. The molecule has 0 aromatic heterocycles. The van der Waals surface area contributed by atoms with Crippen LogP contribution in [0, 0.1) is 11.3 Å². The molecule has 2 rings (SSSR count). The number of amides is 1. The first-order valence-electron chi connectivity index (χ1n) is 6.86. The first-order chi connectivity index (χ1) is 10.8. The molecule has 0 bridgehead atoms. The second kappa shape index (κ2) is 8.75. The predicted molar refractivity (Wildman–Crippen MR) is 86.8 cm³/mol. The molecule has 112 valence electrons. The van der Waals surface area contributed by atoms with Crippen LogP contribution in [0.15, 0.2) is 59.5 Å². The third-order valence-corrected chi connectivity index (χ3v) is 3.82. The van der Waals surface area contributed by atoms with Gasteiger partial charge in [-0.2, -0.15) is 5.26 Å². The summed E-state index contributed by atoms with van der Waals surface area (Å²) in [5.41, 5.74) is 0.426. The van der Waals surface area contributed by atoms with Crippen LogP contribution in [-0.4, -0.2) is 24.8 Å². The summed E-state index contributed by atoms with van der Waals surface area (Å²) in [6.07, 6.45) is 0. The Balaban J connectivity index is 1.67. The van der Waals surface area contributed by atoms with Crippen molar-refractivity contribution in [3.8, 4) is 11.8 Å². The monoisotopic (exact) mass is 312 g/mol. The maximum atomic E-state index is 11.7. The van der Waals surface area contributed by atoms with Gasteiger partial charge in [-0.1, -0.05) is 30.3 Å². The third kappa shape index (κ3) is 5.15. The van der Waals surface area contributed by atoms with Crippen molar-refractivity contribution < 1.29 is 9.53 Å². The van der Waals surface area contributed by atoms with Gasteiger partial charge in [-0.05, 0) is 24.3 Å². The highest BCUT2D eigenvalue weighted by Crippen LogP contribution is 2.17. The fourth-order valence-corrected chi connectivity index (χ4v) is 2.54. The summed E-state index contributed by atoms with van der Waals surface area (Å²) in [6.45, 7) is 0.482. The van der Waals surface area contributed by atoms with Crippen molar-refractivity contribution in [1.29, 1.82) is 5.26 Å². The van der Waals surface area contributed by atoms with E-state index in [0.717, 1.165) is 5.75 Å². The minimum absolute atomic E-state index is 0.0886. The number of nitriles is 1. The maximum absolute atomic E-state index is 11.7. The normalized spacial score (nSPS) is 9.77. The zero-order valence-electron chi connectivity index (χ0n) is 12.0. The van der Waals surface area contributed by atoms with Crippen molar-refractivity contribution in [3.63, 3.8) is 0 Å². The Morgan fingerprint density at radius 2 is 1.86 bits per heavy atom. The lowest BCUT2D eigenvalue weighted by Crippen LogP contribution is -2.30. The molecule has 2 aromatic carbocycles. The van der Waals surface area contributed by atoms with Crippen LogP contribution in [0.5, 0.6) is 5.75 Å². The van der Waals surface area contributed by atoms with Crippen molar-refractivity contribution in [2.75, 3.05) is 18.9 Å². The van der Waals surface area contributed by atoms with Gasteiger partial charge < -0.3 is 10.1 Å². The molecule has 0 saturated carbocycles. The van der Waals surface area contributed by atoms with Gasteiger partial charge in [0, 0.05) is 17.2 Å². The summed E-state index contributed by atoms with van der Waals surface area (Å²) in [4.78, 5) is 12.9. The SMILES string of the molecule is N#Cc1ccccc1OCC(=O)NCCSc1ccccc1. The second-order valence-electron chi connectivity index (χ2n) is 4.41. The standard InChI is InChI=1S/C17H16N2O2S/c18-12-14-6-4-5-9-16(14)21-13-17(20)19-10-11-22-15-7-2-1-3-8-15/h1-9H,10-11,13H2,(H,19,20). The van der Waals surface area contributed by atoms with E-state index in [-0.39, 0.29) is 12.5 Å². The molecular formula is C17H16N2O2S. The lowest BCUT2D eigenvalue weighted by Gasteiger charge is -2.08. The first kappa shape index (κ1) is 15.9. The Labute approximate surface area is 134 Å². The Hall–Kier alpha value is -2.45. The number of rotatable bonds is 7.